The fourth-order valence-corrected chi connectivity index (χ4v) is 8.40. The van der Waals surface area contributed by atoms with Crippen LogP contribution in [0.1, 0.15) is 74.7 Å². The molecule has 0 unspecified atom stereocenters. The van der Waals surface area contributed by atoms with Crippen molar-refractivity contribution in [2.45, 2.75) is 77.0 Å². The Morgan fingerprint density at radius 2 is 1.79 bits per heavy atom. The van der Waals surface area contributed by atoms with Gasteiger partial charge in [-0.05, 0) is 73.8 Å². The number of hydrogen-bond donors (Lipinski definition) is 4. The summed E-state index contributed by atoms with van der Waals surface area (Å²) >= 11 is 0. The lowest BCUT2D eigenvalue weighted by molar-refractivity contribution is -0.181. The number of Topliss-reactive ketones (excluding diaryl/α,β-unsaturated/α-hetero) is 1. The third-order valence-corrected chi connectivity index (χ3v) is 10.7. The van der Waals surface area contributed by atoms with Crippen molar-refractivity contribution in [3.8, 4) is 0 Å². The van der Waals surface area contributed by atoms with Crippen molar-refractivity contribution in [2.75, 3.05) is 6.61 Å². The van der Waals surface area contributed by atoms with Gasteiger partial charge in [-0.2, -0.15) is 0 Å². The third kappa shape index (κ3) is 5.47. The van der Waals surface area contributed by atoms with E-state index < -0.39 is 52.8 Å². The Bertz CT molecular complexity index is 1400. The number of hydrogen-bond acceptors (Lipinski definition) is 8. The third-order valence-electron chi connectivity index (χ3n) is 10.7. The Morgan fingerprint density at radius 1 is 1.07 bits per heavy atom. The molecule has 4 N–H and O–H groups in total. The van der Waals surface area contributed by atoms with Crippen LogP contribution in [0.5, 0.6) is 0 Å². The first-order valence-electron chi connectivity index (χ1n) is 14.9. The van der Waals surface area contributed by atoms with Crippen molar-refractivity contribution in [1.82, 2.24) is 5.32 Å². The van der Waals surface area contributed by atoms with Gasteiger partial charge in [-0.3, -0.25) is 19.2 Å². The number of aromatic carboxylic acids is 1. The first-order valence-corrected chi connectivity index (χ1v) is 14.9. The second kappa shape index (κ2) is 11.5. The van der Waals surface area contributed by atoms with Gasteiger partial charge in [-0.15, -0.1) is 0 Å². The van der Waals surface area contributed by atoms with E-state index in [9.17, 15) is 34.2 Å². The molecular formula is C33H39NO9. The highest BCUT2D eigenvalue weighted by Gasteiger charge is 2.68. The molecule has 4 aliphatic rings. The predicted molar refractivity (Wildman–Crippen MR) is 153 cm³/mol. The monoisotopic (exact) mass is 593 g/mol. The normalized spacial score (nSPS) is 34.3. The van der Waals surface area contributed by atoms with E-state index in [0.29, 0.717) is 12.0 Å². The molecule has 230 valence electrons. The minimum absolute atomic E-state index is 0.0148. The zero-order valence-electron chi connectivity index (χ0n) is 24.5. The zero-order valence-corrected chi connectivity index (χ0v) is 24.5. The van der Waals surface area contributed by atoms with E-state index in [4.69, 9.17) is 9.84 Å². The largest absolute Gasteiger partial charge is 0.478 e. The van der Waals surface area contributed by atoms with Gasteiger partial charge in [0.05, 0.1) is 18.1 Å². The Morgan fingerprint density at radius 3 is 2.49 bits per heavy atom. The molecule has 3 fully saturated rings. The number of carboxylic acid groups (broad SMARTS) is 1. The number of rotatable bonds is 9. The maximum absolute atomic E-state index is 13.4. The van der Waals surface area contributed by atoms with Crippen LogP contribution in [0.25, 0.3) is 0 Å². The Hall–Kier alpha value is -3.63. The van der Waals surface area contributed by atoms with Gasteiger partial charge in [0.2, 0.25) is 11.7 Å². The van der Waals surface area contributed by atoms with E-state index >= 15 is 0 Å². The maximum atomic E-state index is 13.4. The van der Waals surface area contributed by atoms with E-state index in [0.717, 1.165) is 18.4 Å². The van der Waals surface area contributed by atoms with E-state index in [1.807, 2.05) is 13.0 Å². The number of ketones is 2. The quantitative estimate of drug-likeness (QED) is 0.315. The minimum atomic E-state index is -1.76. The van der Waals surface area contributed by atoms with Crippen molar-refractivity contribution in [3.05, 3.63) is 59.2 Å². The van der Waals surface area contributed by atoms with Crippen molar-refractivity contribution in [2.24, 2.45) is 28.6 Å². The lowest BCUT2D eigenvalue weighted by Crippen LogP contribution is -2.61. The van der Waals surface area contributed by atoms with Crippen molar-refractivity contribution in [1.29, 1.82) is 0 Å². The highest BCUT2D eigenvalue weighted by molar-refractivity contribution is 6.01. The molecule has 3 saturated carbocycles. The molecular weight excluding hydrogens is 554 g/mol. The number of esters is 1. The average Bonchev–Trinajstić information content (AvgIpc) is 3.24. The standard InChI is InChI=1S/C33H39NO9/c1-31-13-11-22(35)15-21(31)7-8-23-24-12-14-33(42,32(24,2)16-25(36)29(23)31)26(37)18-43-28(39)10-9-27(38)34-17-19-3-5-20(6-4-19)30(40)41/h3-6,11,13,15,23-25,29,36,42H,7-10,12,14,16-18H2,1-2H3,(H,34,38)(H,40,41)/t23-,24-,25-,29-,31-,32-,33-/m0/s1. The molecule has 4 aliphatic carbocycles. The molecule has 10 heteroatoms. The average molecular weight is 594 g/mol. The molecule has 7 atom stereocenters. The van der Waals surface area contributed by atoms with Gasteiger partial charge in [-0.25, -0.2) is 4.79 Å². The van der Waals surface area contributed by atoms with Crippen LogP contribution in [-0.4, -0.2) is 63.0 Å². The molecule has 1 amide bonds. The van der Waals surface area contributed by atoms with Crippen LogP contribution in [0.4, 0.5) is 0 Å². The number of aliphatic hydroxyl groups excluding tert-OH is 1. The number of ether oxygens (including phenoxy) is 1. The summed E-state index contributed by atoms with van der Waals surface area (Å²) in [5.74, 6) is -2.90. The topological polar surface area (TPSA) is 167 Å². The second-order valence-electron chi connectivity index (χ2n) is 13.0. The Balaban J connectivity index is 1.14. The second-order valence-corrected chi connectivity index (χ2v) is 13.0. The highest BCUT2D eigenvalue weighted by Crippen LogP contribution is 2.67. The molecule has 0 saturated heterocycles. The first kappa shape index (κ1) is 30.8. The molecule has 0 bridgehead atoms. The number of amides is 1. The van der Waals surface area contributed by atoms with Crippen LogP contribution in [0.15, 0.2) is 48.1 Å². The number of carboxylic acids is 1. The van der Waals surface area contributed by atoms with Crippen molar-refractivity contribution < 1.29 is 44.0 Å². The number of allylic oxidation sites excluding steroid dienone is 4. The van der Waals surface area contributed by atoms with Crippen molar-refractivity contribution in [3.63, 3.8) is 0 Å². The van der Waals surface area contributed by atoms with E-state index in [2.05, 4.69) is 12.2 Å². The van der Waals surface area contributed by atoms with Gasteiger partial charge < -0.3 is 25.4 Å². The minimum Gasteiger partial charge on any atom is -0.478 e. The number of carbonyl (C=O) groups is 5. The summed E-state index contributed by atoms with van der Waals surface area (Å²) in [6.07, 6.45) is 6.51. The van der Waals surface area contributed by atoms with Crippen LogP contribution in [-0.2, 0) is 30.5 Å². The number of carbonyl (C=O) groups excluding carboxylic acids is 4. The van der Waals surface area contributed by atoms with Gasteiger partial charge in [0.25, 0.3) is 0 Å². The van der Waals surface area contributed by atoms with Crippen LogP contribution in [0.2, 0.25) is 0 Å². The van der Waals surface area contributed by atoms with E-state index in [1.165, 1.54) is 12.1 Å². The fraction of sp³-hybridized carbons (Fsp3) is 0.545. The van der Waals surface area contributed by atoms with Crippen LogP contribution >= 0.6 is 0 Å². The summed E-state index contributed by atoms with van der Waals surface area (Å²) in [4.78, 5) is 60.9. The van der Waals surface area contributed by atoms with Crippen LogP contribution < -0.4 is 5.32 Å². The van der Waals surface area contributed by atoms with E-state index in [1.54, 1.807) is 24.3 Å². The molecule has 43 heavy (non-hydrogen) atoms. The molecule has 0 aromatic heterocycles. The molecule has 10 nitrogen and oxygen atoms in total. The summed E-state index contributed by atoms with van der Waals surface area (Å²) < 4.78 is 5.19. The zero-order chi connectivity index (χ0) is 31.2. The predicted octanol–water partition coefficient (Wildman–Crippen LogP) is 2.90. The van der Waals surface area contributed by atoms with Gasteiger partial charge in [-0.1, -0.05) is 37.6 Å². The summed E-state index contributed by atoms with van der Waals surface area (Å²) in [5, 5.41) is 34.9. The van der Waals surface area contributed by atoms with Gasteiger partial charge in [0.15, 0.2) is 12.4 Å². The van der Waals surface area contributed by atoms with E-state index in [-0.39, 0.29) is 61.3 Å². The van der Waals surface area contributed by atoms with Crippen molar-refractivity contribution >= 4 is 29.4 Å². The van der Waals surface area contributed by atoms with Gasteiger partial charge in [0.1, 0.15) is 5.60 Å². The molecule has 0 heterocycles. The molecule has 5 rings (SSSR count). The SMILES string of the molecule is C[C@]12C=CC(=O)C=C1CC[C@@H]1[C@H]2[C@@H](O)C[C@@]2(C)[C@H]1CC[C@]2(O)C(=O)COC(=O)CCC(=O)NCc1ccc(C(=O)O)cc1. The summed E-state index contributed by atoms with van der Waals surface area (Å²) in [6, 6.07) is 6.05. The molecule has 0 aliphatic heterocycles. The Kier molecular flexibility index (Phi) is 8.22. The number of nitrogens with one attached hydrogen (secondary N) is 1. The molecule has 0 spiro atoms. The number of benzene rings is 1. The first-order chi connectivity index (χ1) is 20.3. The summed E-state index contributed by atoms with van der Waals surface area (Å²) in [6.45, 7) is 3.47. The highest BCUT2D eigenvalue weighted by atomic mass is 16.5. The molecule has 1 aromatic rings. The van der Waals surface area contributed by atoms with Gasteiger partial charge in [0, 0.05) is 29.7 Å². The lowest BCUT2D eigenvalue weighted by Gasteiger charge is -2.59. The smallest absolute Gasteiger partial charge is 0.335 e. The fourth-order valence-electron chi connectivity index (χ4n) is 8.40. The lowest BCUT2D eigenvalue weighted by atomic mass is 9.46. The van der Waals surface area contributed by atoms with Crippen LogP contribution in [0.3, 0.4) is 0 Å². The number of aliphatic hydroxyl groups is 2. The Labute approximate surface area is 250 Å². The number of fused-ring (bicyclic) bond motifs is 5. The molecule has 0 radical (unpaired) electrons. The molecule has 1 aromatic carbocycles. The van der Waals surface area contributed by atoms with Crippen LogP contribution in [0, 0.1) is 28.6 Å². The maximum Gasteiger partial charge on any atom is 0.335 e. The summed E-state index contributed by atoms with van der Waals surface area (Å²) in [7, 11) is 0. The van der Waals surface area contributed by atoms with Gasteiger partial charge >= 0.3 is 11.9 Å². The summed E-state index contributed by atoms with van der Waals surface area (Å²) in [5.41, 5.74) is -1.24.